The molecule has 8 nitrogen and oxygen atoms in total. The molecule has 1 aliphatic rings. The van der Waals surface area contributed by atoms with E-state index in [9.17, 15) is 9.59 Å². The van der Waals surface area contributed by atoms with Gasteiger partial charge in [0.15, 0.2) is 11.5 Å². The lowest BCUT2D eigenvalue weighted by atomic mass is 10.1. The zero-order valence-electron chi connectivity index (χ0n) is 21.5. The first-order valence-corrected chi connectivity index (χ1v) is 13.3. The summed E-state index contributed by atoms with van der Waals surface area (Å²) in [7, 11) is 0. The van der Waals surface area contributed by atoms with Gasteiger partial charge in [0.2, 0.25) is 0 Å². The molecule has 2 heterocycles. The molecule has 2 N–H and O–H groups in total. The molecule has 200 valence electrons. The number of amides is 2. The average molecular weight is 545 g/mol. The van der Waals surface area contributed by atoms with E-state index in [-0.39, 0.29) is 11.8 Å². The first-order valence-electron chi connectivity index (χ1n) is 12.5. The summed E-state index contributed by atoms with van der Waals surface area (Å²) in [4.78, 5) is 26.6. The third kappa shape index (κ3) is 6.39. The van der Waals surface area contributed by atoms with Gasteiger partial charge in [0.1, 0.15) is 25.6 Å². The van der Waals surface area contributed by atoms with Gasteiger partial charge in [0, 0.05) is 21.6 Å². The summed E-state index contributed by atoms with van der Waals surface area (Å²) >= 11 is 1.39. The second-order valence-electron chi connectivity index (χ2n) is 8.82. The number of anilines is 2. The molecular formula is C30H28N2O6S. The number of benzene rings is 3. The van der Waals surface area contributed by atoms with Crippen LogP contribution in [0.25, 0.3) is 10.1 Å². The van der Waals surface area contributed by atoms with Crippen molar-refractivity contribution in [1.82, 2.24) is 0 Å². The molecule has 3 aromatic carbocycles. The molecule has 0 aliphatic carbocycles. The molecule has 0 atom stereocenters. The number of fused-ring (bicyclic) bond motifs is 2. The van der Waals surface area contributed by atoms with E-state index < -0.39 is 0 Å². The fraction of sp³-hybridized carbons (Fsp3) is 0.200. The Morgan fingerprint density at radius 3 is 2.64 bits per heavy atom. The Hall–Kier alpha value is -4.34. The molecule has 0 saturated heterocycles. The highest BCUT2D eigenvalue weighted by atomic mass is 32.1. The normalized spacial score (nSPS) is 12.1. The van der Waals surface area contributed by atoms with Crippen molar-refractivity contribution in [3.63, 3.8) is 0 Å². The van der Waals surface area contributed by atoms with Crippen molar-refractivity contribution in [3.8, 4) is 17.2 Å². The molecule has 9 heteroatoms. The van der Waals surface area contributed by atoms with Gasteiger partial charge in [0.25, 0.3) is 11.8 Å². The van der Waals surface area contributed by atoms with Crippen LogP contribution in [0.5, 0.6) is 17.2 Å². The molecule has 0 unspecified atom stereocenters. The van der Waals surface area contributed by atoms with Crippen LogP contribution < -0.4 is 24.8 Å². The summed E-state index contributed by atoms with van der Waals surface area (Å²) in [5, 5.41) is 6.82. The van der Waals surface area contributed by atoms with Gasteiger partial charge in [-0.25, -0.2) is 0 Å². The molecule has 39 heavy (non-hydrogen) atoms. The van der Waals surface area contributed by atoms with Gasteiger partial charge in [-0.3, -0.25) is 9.59 Å². The van der Waals surface area contributed by atoms with E-state index in [0.717, 1.165) is 21.4 Å². The Kier molecular flexibility index (Phi) is 8.10. The van der Waals surface area contributed by atoms with Crippen LogP contribution in [-0.4, -0.2) is 44.8 Å². The highest BCUT2D eigenvalue weighted by molar-refractivity contribution is 7.20. The van der Waals surface area contributed by atoms with Crippen LogP contribution in [0.4, 0.5) is 11.4 Å². The summed E-state index contributed by atoms with van der Waals surface area (Å²) in [5.74, 6) is 1.37. The number of carbonyl (C=O) groups excluding carboxylic acids is 2. The van der Waals surface area contributed by atoms with Crippen molar-refractivity contribution in [3.05, 3.63) is 89.3 Å². The van der Waals surface area contributed by atoms with Crippen molar-refractivity contribution in [2.75, 3.05) is 43.7 Å². The average Bonchev–Trinajstić information content (AvgIpc) is 3.38. The number of aryl methyl sites for hydroxylation is 1. The predicted molar refractivity (Wildman–Crippen MR) is 153 cm³/mol. The molecule has 0 fully saturated rings. The summed E-state index contributed by atoms with van der Waals surface area (Å²) < 4.78 is 23.1. The fourth-order valence-electron chi connectivity index (χ4n) is 4.00. The molecule has 4 aromatic rings. The maximum atomic E-state index is 13.1. The Balaban J connectivity index is 1.24. The van der Waals surface area contributed by atoms with Crippen molar-refractivity contribution in [2.45, 2.75) is 6.92 Å². The number of hydrogen-bond donors (Lipinski definition) is 2. The Morgan fingerprint density at radius 2 is 1.79 bits per heavy atom. The van der Waals surface area contributed by atoms with Crippen LogP contribution in [0.3, 0.4) is 0 Å². The van der Waals surface area contributed by atoms with E-state index in [0.29, 0.717) is 66.3 Å². The van der Waals surface area contributed by atoms with Crippen molar-refractivity contribution in [1.29, 1.82) is 0 Å². The van der Waals surface area contributed by atoms with Crippen molar-refractivity contribution < 1.29 is 28.5 Å². The van der Waals surface area contributed by atoms with Gasteiger partial charge in [0.05, 0.1) is 18.1 Å². The monoisotopic (exact) mass is 544 g/mol. The third-order valence-electron chi connectivity index (χ3n) is 6.00. The van der Waals surface area contributed by atoms with Gasteiger partial charge in [-0.2, -0.15) is 0 Å². The van der Waals surface area contributed by atoms with Gasteiger partial charge in [-0.05, 0) is 72.5 Å². The minimum absolute atomic E-state index is 0.227. The fourth-order valence-corrected chi connectivity index (χ4v) is 4.99. The Morgan fingerprint density at radius 1 is 0.949 bits per heavy atom. The minimum Gasteiger partial charge on any atom is -0.491 e. The highest BCUT2D eigenvalue weighted by Crippen LogP contribution is 2.32. The molecule has 0 bridgehead atoms. The quantitative estimate of drug-likeness (QED) is 0.186. The van der Waals surface area contributed by atoms with E-state index in [1.807, 2.05) is 37.3 Å². The van der Waals surface area contributed by atoms with Gasteiger partial charge < -0.3 is 29.6 Å². The van der Waals surface area contributed by atoms with E-state index in [1.54, 1.807) is 36.4 Å². The van der Waals surface area contributed by atoms with E-state index in [1.165, 1.54) is 11.3 Å². The maximum Gasteiger partial charge on any atom is 0.265 e. The summed E-state index contributed by atoms with van der Waals surface area (Å²) in [6, 6.07) is 18.1. The maximum absolute atomic E-state index is 13.1. The molecular weight excluding hydrogens is 516 g/mol. The largest absolute Gasteiger partial charge is 0.491 e. The molecule has 2 amide bonds. The number of nitrogens with one attached hydrogen (secondary N) is 2. The summed E-state index contributed by atoms with van der Waals surface area (Å²) in [6.07, 6.45) is 1.69. The lowest BCUT2D eigenvalue weighted by Crippen LogP contribution is -2.17. The number of thiophene rings is 1. The van der Waals surface area contributed by atoms with Crippen molar-refractivity contribution in [2.24, 2.45) is 0 Å². The number of hydrogen-bond acceptors (Lipinski definition) is 7. The second-order valence-corrected chi connectivity index (χ2v) is 9.90. The highest BCUT2D eigenvalue weighted by Gasteiger charge is 2.16. The lowest BCUT2D eigenvalue weighted by molar-refractivity contribution is 0.102. The molecule has 0 spiro atoms. The van der Waals surface area contributed by atoms with E-state index in [2.05, 4.69) is 17.2 Å². The smallest absolute Gasteiger partial charge is 0.265 e. The van der Waals surface area contributed by atoms with E-state index in [4.69, 9.17) is 18.9 Å². The zero-order chi connectivity index (χ0) is 27.2. The lowest BCUT2D eigenvalue weighted by Gasteiger charge is -2.18. The first-order chi connectivity index (χ1) is 19.0. The summed E-state index contributed by atoms with van der Waals surface area (Å²) in [6.45, 7) is 7.83. The van der Waals surface area contributed by atoms with Crippen LogP contribution in [-0.2, 0) is 4.74 Å². The molecule has 0 saturated carbocycles. The minimum atomic E-state index is -0.289. The first kappa shape index (κ1) is 26.3. The van der Waals surface area contributed by atoms with Gasteiger partial charge in [-0.1, -0.05) is 12.1 Å². The Bertz CT molecular complexity index is 1530. The molecule has 1 aliphatic heterocycles. The number of rotatable bonds is 10. The second kappa shape index (κ2) is 12.0. The summed E-state index contributed by atoms with van der Waals surface area (Å²) in [5.41, 5.74) is 2.49. The predicted octanol–water partition coefficient (Wildman–Crippen LogP) is 6.07. The number of carbonyl (C=O) groups is 2. The topological polar surface area (TPSA) is 95.1 Å². The van der Waals surface area contributed by atoms with Crippen LogP contribution in [0.15, 0.2) is 73.3 Å². The van der Waals surface area contributed by atoms with Gasteiger partial charge >= 0.3 is 0 Å². The van der Waals surface area contributed by atoms with E-state index >= 15 is 0 Å². The molecule has 5 rings (SSSR count). The zero-order valence-corrected chi connectivity index (χ0v) is 22.3. The van der Waals surface area contributed by atoms with Crippen molar-refractivity contribution >= 4 is 44.6 Å². The molecule has 0 radical (unpaired) electrons. The SMILES string of the molecule is C=CCOCCOc1ccc2cc(C(=O)Nc3cc(NC(=O)c4ccc5c(c4)OCCO5)ccc3C)sc2c1. The Labute approximate surface area is 230 Å². The number of ether oxygens (including phenoxy) is 4. The van der Waals surface area contributed by atoms with Crippen LogP contribution in [0.2, 0.25) is 0 Å². The third-order valence-corrected chi connectivity index (χ3v) is 7.09. The van der Waals surface area contributed by atoms with Crippen LogP contribution in [0.1, 0.15) is 25.6 Å². The molecule has 1 aromatic heterocycles. The standard InChI is InChI=1S/C30H28N2O6S/c1-3-10-35-11-12-36-23-8-5-20-16-28(39-27(20)18-23)30(34)32-24-17-22(7-4-19(24)2)31-29(33)21-6-9-25-26(15-21)38-14-13-37-25/h3-9,15-18H,1,10-14H2,2H3,(H,31,33)(H,32,34). The van der Waals surface area contributed by atoms with Crippen LogP contribution >= 0.6 is 11.3 Å². The van der Waals surface area contributed by atoms with Gasteiger partial charge in [-0.15, -0.1) is 17.9 Å². The van der Waals surface area contributed by atoms with Crippen LogP contribution in [0, 0.1) is 6.92 Å².